The second-order valence-corrected chi connectivity index (χ2v) is 5.13. The van der Waals surface area contributed by atoms with Crippen LogP contribution < -0.4 is 11.1 Å². The van der Waals surface area contributed by atoms with Gasteiger partial charge < -0.3 is 16.2 Å². The molecule has 0 radical (unpaired) electrons. The lowest BCUT2D eigenvalue weighted by atomic mass is 10.1. The van der Waals surface area contributed by atoms with Crippen LogP contribution in [0.4, 0.5) is 5.13 Å². The summed E-state index contributed by atoms with van der Waals surface area (Å²) in [7, 11) is 0. The van der Waals surface area contributed by atoms with Gasteiger partial charge in [0.15, 0.2) is 5.13 Å². The second-order valence-electron chi connectivity index (χ2n) is 4.27. The molecule has 1 aromatic heterocycles. The third-order valence-corrected chi connectivity index (χ3v) is 2.36. The standard InChI is InChI=1S/C9H15N3O2S/c1-9(2,3)12-8-11-5(4-15-8)6(10)7(13)14/h4,6H,10H2,1-3H3,(H,11,12)(H,13,14). The van der Waals surface area contributed by atoms with Crippen LogP contribution in [0.1, 0.15) is 32.5 Å². The lowest BCUT2D eigenvalue weighted by molar-refractivity contribution is -0.138. The van der Waals surface area contributed by atoms with Crippen molar-refractivity contribution in [3.8, 4) is 0 Å². The van der Waals surface area contributed by atoms with Crippen LogP contribution in [0, 0.1) is 0 Å². The maximum Gasteiger partial charge on any atom is 0.326 e. The Morgan fingerprint density at radius 3 is 2.73 bits per heavy atom. The quantitative estimate of drug-likeness (QED) is 0.730. The van der Waals surface area contributed by atoms with Crippen molar-refractivity contribution in [1.29, 1.82) is 0 Å². The van der Waals surface area contributed by atoms with Gasteiger partial charge in [0.05, 0.1) is 5.69 Å². The van der Waals surface area contributed by atoms with Gasteiger partial charge in [-0.25, -0.2) is 4.98 Å². The fraction of sp³-hybridized carbons (Fsp3) is 0.556. The molecule has 1 heterocycles. The van der Waals surface area contributed by atoms with Crippen LogP contribution in [0.5, 0.6) is 0 Å². The molecule has 6 heteroatoms. The third kappa shape index (κ3) is 3.49. The summed E-state index contributed by atoms with van der Waals surface area (Å²) in [5.41, 5.74) is 5.73. The number of nitrogens with two attached hydrogens (primary N) is 1. The SMILES string of the molecule is CC(C)(C)Nc1nc(C(N)C(=O)O)cs1. The number of anilines is 1. The van der Waals surface area contributed by atoms with Crippen LogP contribution in [0.15, 0.2) is 5.38 Å². The molecule has 1 aromatic rings. The van der Waals surface area contributed by atoms with Crippen LogP contribution in [-0.4, -0.2) is 21.6 Å². The zero-order chi connectivity index (χ0) is 11.6. The van der Waals surface area contributed by atoms with E-state index in [1.54, 1.807) is 5.38 Å². The Morgan fingerprint density at radius 2 is 2.27 bits per heavy atom. The Labute approximate surface area is 92.3 Å². The van der Waals surface area contributed by atoms with Crippen molar-refractivity contribution in [3.05, 3.63) is 11.1 Å². The fourth-order valence-corrected chi connectivity index (χ4v) is 1.89. The maximum atomic E-state index is 10.6. The van der Waals surface area contributed by atoms with E-state index in [9.17, 15) is 4.79 Å². The van der Waals surface area contributed by atoms with E-state index >= 15 is 0 Å². The average Bonchev–Trinajstić information content (AvgIpc) is 2.48. The number of carboxylic acid groups (broad SMARTS) is 1. The van der Waals surface area contributed by atoms with Crippen LogP contribution in [0.25, 0.3) is 0 Å². The summed E-state index contributed by atoms with van der Waals surface area (Å²) >= 11 is 1.36. The highest BCUT2D eigenvalue weighted by Crippen LogP contribution is 2.22. The molecule has 1 rings (SSSR count). The van der Waals surface area contributed by atoms with Gasteiger partial charge in [-0.05, 0) is 20.8 Å². The molecular weight excluding hydrogens is 214 g/mol. The number of nitrogens with zero attached hydrogens (tertiary/aromatic N) is 1. The molecule has 0 spiro atoms. The Hall–Kier alpha value is -1.14. The van der Waals surface area contributed by atoms with Gasteiger partial charge in [0.2, 0.25) is 0 Å². The first-order chi connectivity index (χ1) is 6.79. The van der Waals surface area contributed by atoms with E-state index < -0.39 is 12.0 Å². The van der Waals surface area contributed by atoms with E-state index in [1.807, 2.05) is 20.8 Å². The summed E-state index contributed by atoms with van der Waals surface area (Å²) < 4.78 is 0. The number of aromatic nitrogens is 1. The van der Waals surface area contributed by atoms with Crippen molar-refractivity contribution < 1.29 is 9.90 Å². The molecule has 0 fully saturated rings. The molecule has 1 atom stereocenters. The van der Waals surface area contributed by atoms with Crippen molar-refractivity contribution in [2.24, 2.45) is 5.73 Å². The highest BCUT2D eigenvalue weighted by atomic mass is 32.1. The summed E-state index contributed by atoms with van der Waals surface area (Å²) in [6, 6.07) is -1.04. The molecule has 84 valence electrons. The zero-order valence-corrected chi connectivity index (χ0v) is 9.76. The second kappa shape index (κ2) is 4.16. The van der Waals surface area contributed by atoms with Gasteiger partial charge in [0, 0.05) is 10.9 Å². The number of rotatable bonds is 3. The molecular formula is C9H15N3O2S. The summed E-state index contributed by atoms with van der Waals surface area (Å²) in [5, 5.41) is 14.2. The average molecular weight is 229 g/mol. The number of hydrogen-bond donors (Lipinski definition) is 3. The molecule has 4 N–H and O–H groups in total. The smallest absolute Gasteiger partial charge is 0.326 e. The van der Waals surface area contributed by atoms with Crippen LogP contribution in [0.2, 0.25) is 0 Å². The molecule has 1 unspecified atom stereocenters. The van der Waals surface area contributed by atoms with E-state index in [0.717, 1.165) is 0 Å². The predicted molar refractivity (Wildman–Crippen MR) is 60.1 cm³/mol. The van der Waals surface area contributed by atoms with E-state index in [0.29, 0.717) is 10.8 Å². The molecule has 0 saturated heterocycles. The molecule has 0 amide bonds. The molecule has 0 aromatic carbocycles. The lowest BCUT2D eigenvalue weighted by Crippen LogP contribution is -2.26. The first-order valence-electron chi connectivity index (χ1n) is 4.51. The van der Waals surface area contributed by atoms with Gasteiger partial charge >= 0.3 is 5.97 Å². The fourth-order valence-electron chi connectivity index (χ4n) is 0.934. The van der Waals surface area contributed by atoms with Gasteiger partial charge in [0.25, 0.3) is 0 Å². The van der Waals surface area contributed by atoms with Crippen LogP contribution in [0.3, 0.4) is 0 Å². The van der Waals surface area contributed by atoms with Crippen LogP contribution in [-0.2, 0) is 4.79 Å². The number of thiazole rings is 1. The van der Waals surface area contributed by atoms with E-state index in [2.05, 4.69) is 10.3 Å². The molecule has 0 saturated carbocycles. The van der Waals surface area contributed by atoms with Gasteiger partial charge in [-0.15, -0.1) is 11.3 Å². The van der Waals surface area contributed by atoms with Crippen molar-refractivity contribution >= 4 is 22.4 Å². The number of carboxylic acids is 1. The Morgan fingerprint density at radius 1 is 1.67 bits per heavy atom. The van der Waals surface area contributed by atoms with Gasteiger partial charge in [-0.2, -0.15) is 0 Å². The summed E-state index contributed by atoms with van der Waals surface area (Å²) in [6.07, 6.45) is 0. The third-order valence-electron chi connectivity index (χ3n) is 1.59. The normalized spacial score (nSPS) is 13.6. The van der Waals surface area contributed by atoms with Gasteiger partial charge in [0.1, 0.15) is 6.04 Å². The molecule has 0 bridgehead atoms. The molecule has 0 aliphatic rings. The Kier molecular flexibility index (Phi) is 3.31. The zero-order valence-electron chi connectivity index (χ0n) is 8.94. The van der Waals surface area contributed by atoms with Gasteiger partial charge in [-0.3, -0.25) is 4.79 Å². The summed E-state index contributed by atoms with van der Waals surface area (Å²) in [6.45, 7) is 6.02. The minimum atomic E-state index is -1.07. The van der Waals surface area contributed by atoms with Crippen molar-refractivity contribution in [2.75, 3.05) is 5.32 Å². The monoisotopic (exact) mass is 229 g/mol. The first kappa shape index (κ1) is 11.9. The Balaban J connectivity index is 2.77. The van der Waals surface area contributed by atoms with E-state index in [4.69, 9.17) is 10.8 Å². The molecule has 15 heavy (non-hydrogen) atoms. The minimum Gasteiger partial charge on any atom is -0.480 e. The van der Waals surface area contributed by atoms with Crippen LogP contribution >= 0.6 is 11.3 Å². The highest BCUT2D eigenvalue weighted by molar-refractivity contribution is 7.13. The van der Waals surface area contributed by atoms with E-state index in [1.165, 1.54) is 11.3 Å². The Bertz CT molecular complexity index is 356. The number of aliphatic carboxylic acids is 1. The lowest BCUT2D eigenvalue weighted by Gasteiger charge is -2.19. The van der Waals surface area contributed by atoms with Crippen molar-refractivity contribution in [1.82, 2.24) is 4.98 Å². The molecule has 0 aliphatic carbocycles. The summed E-state index contributed by atoms with van der Waals surface area (Å²) in [4.78, 5) is 14.7. The summed E-state index contributed by atoms with van der Waals surface area (Å²) in [5.74, 6) is -1.07. The minimum absolute atomic E-state index is 0.0948. The molecule has 5 nitrogen and oxygen atoms in total. The maximum absolute atomic E-state index is 10.6. The largest absolute Gasteiger partial charge is 0.480 e. The number of carbonyl (C=O) groups is 1. The first-order valence-corrected chi connectivity index (χ1v) is 5.39. The van der Waals surface area contributed by atoms with E-state index in [-0.39, 0.29) is 5.54 Å². The predicted octanol–water partition coefficient (Wildman–Crippen LogP) is 1.44. The highest BCUT2D eigenvalue weighted by Gasteiger charge is 2.19. The topological polar surface area (TPSA) is 88.2 Å². The number of hydrogen-bond acceptors (Lipinski definition) is 5. The van der Waals surface area contributed by atoms with Gasteiger partial charge in [-0.1, -0.05) is 0 Å². The van der Waals surface area contributed by atoms with Crippen molar-refractivity contribution in [2.45, 2.75) is 32.4 Å². The molecule has 0 aliphatic heterocycles. The van der Waals surface area contributed by atoms with Crippen molar-refractivity contribution in [3.63, 3.8) is 0 Å². The number of nitrogens with one attached hydrogen (secondary N) is 1.